The molecule has 8 aliphatic carbocycles. The first-order valence-corrected chi connectivity index (χ1v) is 14.6. The van der Waals surface area contributed by atoms with Crippen LogP contribution in [0.5, 0.6) is 0 Å². The zero-order valence-electron chi connectivity index (χ0n) is 23.5. The van der Waals surface area contributed by atoms with E-state index < -0.39 is 16.8 Å². The van der Waals surface area contributed by atoms with E-state index in [1.54, 1.807) is 0 Å². The van der Waals surface area contributed by atoms with Gasteiger partial charge < -0.3 is 23.7 Å². The van der Waals surface area contributed by atoms with Gasteiger partial charge in [-0.3, -0.25) is 0 Å². The molecule has 0 spiro atoms. The Morgan fingerprint density at radius 2 is 0.700 bits per heavy atom. The van der Waals surface area contributed by atoms with Gasteiger partial charge >= 0.3 is 0 Å². The van der Waals surface area contributed by atoms with E-state index in [4.69, 9.17) is 55.8 Å². The zero-order valence-corrected chi connectivity index (χ0v) is 23.5. The quantitative estimate of drug-likeness (QED) is 0.366. The van der Waals surface area contributed by atoms with Crippen LogP contribution >= 0.6 is 0 Å². The summed E-state index contributed by atoms with van der Waals surface area (Å²) in [6.45, 7) is 1.31. The zero-order chi connectivity index (χ0) is 28.2. The van der Waals surface area contributed by atoms with Gasteiger partial charge in [-0.25, -0.2) is 0 Å². The molecule has 8 aliphatic rings. The summed E-state index contributed by atoms with van der Waals surface area (Å²) >= 11 is 0. The topological polar surface area (TPSA) is 46.2 Å². The lowest BCUT2D eigenvalue weighted by Gasteiger charge is -2.77. The summed E-state index contributed by atoms with van der Waals surface area (Å²) in [6, 6.07) is 0. The van der Waals surface area contributed by atoms with E-state index >= 15 is 0 Å². The first kappa shape index (κ1) is 27.8. The Labute approximate surface area is 240 Å². The van der Waals surface area contributed by atoms with Gasteiger partial charge in [0, 0.05) is 25.7 Å². The molecule has 210 valence electrons. The SMILES string of the molecule is C#CCOC12CC3CC(OCC#C)(C1)CC(C14CC5(OCC#C)CC(OCC#C)(CC(OCC#C)(C5)C1)C4)(C3)C2. The third-order valence-corrected chi connectivity index (χ3v) is 11.3. The molecule has 0 aliphatic heterocycles. The van der Waals surface area contributed by atoms with E-state index in [0.717, 1.165) is 77.0 Å². The van der Waals surface area contributed by atoms with Gasteiger partial charge in [0.25, 0.3) is 0 Å². The minimum Gasteiger partial charge on any atom is -0.362 e. The molecule has 0 aromatic carbocycles. The maximum absolute atomic E-state index is 6.65. The summed E-state index contributed by atoms with van der Waals surface area (Å²) in [5, 5.41) is 0. The van der Waals surface area contributed by atoms with Crippen LogP contribution in [0.4, 0.5) is 0 Å². The fraction of sp³-hybridized carbons (Fsp3) is 0.714. The van der Waals surface area contributed by atoms with Crippen molar-refractivity contribution < 1.29 is 23.7 Å². The molecule has 8 fully saturated rings. The first-order chi connectivity index (χ1) is 19.2. The molecule has 5 nitrogen and oxygen atoms in total. The second-order valence-electron chi connectivity index (χ2n) is 14.0. The standard InChI is InChI=1S/C35H40O5/c1-6-11-36-31-17-28-16-29(19-31,20-32(18-28,24-31)37-12-7-2)30-21-33(38-13-8-3)25-34(22-30,39-14-9-4)27-35(23-30,26-33)40-15-10-5/h1-5,28H,11-27H2. The number of hydrogen-bond acceptors (Lipinski definition) is 5. The highest BCUT2D eigenvalue weighted by atomic mass is 16.5. The predicted octanol–water partition coefficient (Wildman–Crippen LogP) is 4.28. The van der Waals surface area contributed by atoms with Crippen molar-refractivity contribution in [2.75, 3.05) is 33.0 Å². The fourth-order valence-corrected chi connectivity index (χ4v) is 11.5. The van der Waals surface area contributed by atoms with Crippen molar-refractivity contribution in [3.63, 3.8) is 0 Å². The number of rotatable bonds is 11. The maximum atomic E-state index is 6.65. The summed E-state index contributed by atoms with van der Waals surface area (Å²) < 4.78 is 33.2. The largest absolute Gasteiger partial charge is 0.362 e. The Hall–Kier alpha value is -2.40. The second-order valence-corrected chi connectivity index (χ2v) is 14.0. The van der Waals surface area contributed by atoms with Crippen LogP contribution in [0.3, 0.4) is 0 Å². The highest BCUT2D eigenvalue weighted by Crippen LogP contribution is 2.79. The van der Waals surface area contributed by atoms with Crippen LogP contribution in [0.2, 0.25) is 0 Å². The summed E-state index contributed by atoms with van der Waals surface area (Å²) in [5.41, 5.74) is -2.36. The predicted molar refractivity (Wildman–Crippen MR) is 151 cm³/mol. The Bertz CT molecular complexity index is 1120. The van der Waals surface area contributed by atoms with E-state index in [0.29, 0.717) is 19.1 Å². The average Bonchev–Trinajstić information content (AvgIpc) is 2.90. The lowest BCUT2D eigenvalue weighted by molar-refractivity contribution is -0.357. The summed E-state index contributed by atoms with van der Waals surface area (Å²) in [6.07, 6.45) is 39.4. The molecule has 40 heavy (non-hydrogen) atoms. The van der Waals surface area contributed by atoms with Crippen molar-refractivity contribution in [1.29, 1.82) is 0 Å². The molecule has 0 aromatic rings. The normalized spacial score (nSPS) is 47.1. The van der Waals surface area contributed by atoms with E-state index in [9.17, 15) is 0 Å². The molecule has 8 rings (SSSR count). The van der Waals surface area contributed by atoms with Crippen LogP contribution in [0, 0.1) is 78.5 Å². The van der Waals surface area contributed by atoms with Crippen molar-refractivity contribution in [2.45, 2.75) is 105 Å². The Morgan fingerprint density at radius 1 is 0.400 bits per heavy atom. The van der Waals surface area contributed by atoms with Gasteiger partial charge in [-0.05, 0) is 68.1 Å². The van der Waals surface area contributed by atoms with Crippen LogP contribution in [-0.4, -0.2) is 61.0 Å². The van der Waals surface area contributed by atoms with Crippen molar-refractivity contribution in [1.82, 2.24) is 0 Å². The smallest absolute Gasteiger partial charge is 0.108 e. The molecule has 0 saturated heterocycles. The molecule has 5 heteroatoms. The average molecular weight is 541 g/mol. The Morgan fingerprint density at radius 3 is 1.05 bits per heavy atom. The van der Waals surface area contributed by atoms with E-state index in [1.165, 1.54) is 0 Å². The minimum atomic E-state index is -0.479. The highest BCUT2D eigenvalue weighted by molar-refractivity contribution is 5.29. The summed E-state index contributed by atoms with van der Waals surface area (Å²) in [5.74, 6) is 14.1. The van der Waals surface area contributed by atoms with Gasteiger partial charge in [0.15, 0.2) is 0 Å². The second kappa shape index (κ2) is 9.58. The molecule has 0 N–H and O–H groups in total. The number of terminal acetylenes is 5. The van der Waals surface area contributed by atoms with E-state index in [-0.39, 0.29) is 41.9 Å². The van der Waals surface area contributed by atoms with E-state index in [2.05, 4.69) is 29.6 Å². The summed E-state index contributed by atoms with van der Waals surface area (Å²) in [7, 11) is 0. The van der Waals surface area contributed by atoms with Crippen molar-refractivity contribution in [2.24, 2.45) is 16.7 Å². The molecular weight excluding hydrogens is 500 g/mol. The van der Waals surface area contributed by atoms with Crippen molar-refractivity contribution >= 4 is 0 Å². The maximum Gasteiger partial charge on any atom is 0.108 e. The Balaban J connectivity index is 1.48. The molecule has 2 atom stereocenters. The van der Waals surface area contributed by atoms with Gasteiger partial charge in [-0.1, -0.05) is 29.6 Å². The molecule has 0 amide bonds. The fourth-order valence-electron chi connectivity index (χ4n) is 11.5. The highest BCUT2D eigenvalue weighted by Gasteiger charge is 2.78. The Kier molecular flexibility index (Phi) is 6.64. The molecule has 0 heterocycles. The van der Waals surface area contributed by atoms with Crippen LogP contribution in [0.15, 0.2) is 0 Å². The van der Waals surface area contributed by atoms with Gasteiger partial charge in [0.1, 0.15) is 33.0 Å². The van der Waals surface area contributed by atoms with Crippen LogP contribution in [0.1, 0.15) is 77.0 Å². The molecule has 2 unspecified atom stereocenters. The molecular formula is C35H40O5. The van der Waals surface area contributed by atoms with Crippen LogP contribution < -0.4 is 0 Å². The van der Waals surface area contributed by atoms with E-state index in [1.807, 2.05) is 0 Å². The molecule has 8 saturated carbocycles. The number of hydrogen-bond donors (Lipinski definition) is 0. The monoisotopic (exact) mass is 540 g/mol. The van der Waals surface area contributed by atoms with Crippen LogP contribution in [-0.2, 0) is 23.7 Å². The van der Waals surface area contributed by atoms with Gasteiger partial charge in [0.2, 0.25) is 0 Å². The number of ether oxygens (including phenoxy) is 5. The van der Waals surface area contributed by atoms with Crippen LogP contribution in [0.25, 0.3) is 0 Å². The molecule has 0 radical (unpaired) electrons. The van der Waals surface area contributed by atoms with Gasteiger partial charge in [-0.15, -0.1) is 32.1 Å². The third kappa shape index (κ3) is 4.21. The van der Waals surface area contributed by atoms with Gasteiger partial charge in [-0.2, -0.15) is 0 Å². The first-order valence-electron chi connectivity index (χ1n) is 14.6. The molecule has 8 bridgehead atoms. The van der Waals surface area contributed by atoms with Crippen molar-refractivity contribution in [3.05, 3.63) is 0 Å². The third-order valence-electron chi connectivity index (χ3n) is 11.3. The van der Waals surface area contributed by atoms with Gasteiger partial charge in [0.05, 0.1) is 28.0 Å². The summed E-state index contributed by atoms with van der Waals surface area (Å²) in [4.78, 5) is 0. The lowest BCUT2D eigenvalue weighted by Crippen LogP contribution is -2.77. The lowest BCUT2D eigenvalue weighted by atomic mass is 9.32. The minimum absolute atomic E-state index is 0.0862. The van der Waals surface area contributed by atoms with Crippen molar-refractivity contribution in [3.8, 4) is 61.7 Å². The molecule has 0 aromatic heterocycles.